The SMILES string of the molecule is Cc1nn(C)cc1CN1CCO[C@](COc2ccc(Cl)cc2)(CC(=O)N2CCOCC2)C1. The molecule has 0 radical (unpaired) electrons. The van der Waals surface area contributed by atoms with Crippen molar-refractivity contribution in [3.63, 3.8) is 0 Å². The normalized spacial score (nSPS) is 22.2. The second kappa shape index (κ2) is 10.2. The van der Waals surface area contributed by atoms with Crippen molar-refractivity contribution in [3.8, 4) is 5.75 Å². The van der Waals surface area contributed by atoms with Crippen LogP contribution in [0.25, 0.3) is 0 Å². The third kappa shape index (κ3) is 5.81. The van der Waals surface area contributed by atoms with E-state index in [1.807, 2.05) is 35.7 Å². The lowest BCUT2D eigenvalue weighted by Gasteiger charge is -2.43. The van der Waals surface area contributed by atoms with E-state index in [4.69, 9.17) is 25.8 Å². The van der Waals surface area contributed by atoms with Gasteiger partial charge in [-0.3, -0.25) is 14.4 Å². The highest BCUT2D eigenvalue weighted by Gasteiger charge is 2.41. The van der Waals surface area contributed by atoms with Crippen molar-refractivity contribution in [2.75, 3.05) is 52.6 Å². The van der Waals surface area contributed by atoms with E-state index in [0.717, 1.165) is 18.8 Å². The summed E-state index contributed by atoms with van der Waals surface area (Å²) in [5, 5.41) is 5.11. The van der Waals surface area contributed by atoms with E-state index in [1.54, 1.807) is 12.1 Å². The van der Waals surface area contributed by atoms with Crippen molar-refractivity contribution in [1.29, 1.82) is 0 Å². The van der Waals surface area contributed by atoms with Gasteiger partial charge in [0.25, 0.3) is 0 Å². The smallest absolute Gasteiger partial charge is 0.225 e. The predicted molar refractivity (Wildman–Crippen MR) is 121 cm³/mol. The van der Waals surface area contributed by atoms with Crippen LogP contribution >= 0.6 is 11.6 Å². The number of carbonyl (C=O) groups excluding carboxylic acids is 1. The molecule has 2 fully saturated rings. The van der Waals surface area contributed by atoms with E-state index in [0.29, 0.717) is 50.2 Å². The number of hydrogen-bond acceptors (Lipinski definition) is 6. The summed E-state index contributed by atoms with van der Waals surface area (Å²) in [4.78, 5) is 17.3. The van der Waals surface area contributed by atoms with Crippen molar-refractivity contribution in [3.05, 3.63) is 46.7 Å². The van der Waals surface area contributed by atoms with Gasteiger partial charge in [0.2, 0.25) is 5.91 Å². The van der Waals surface area contributed by atoms with E-state index >= 15 is 0 Å². The molecular weight excluding hydrogens is 432 g/mol. The molecule has 0 saturated carbocycles. The molecule has 2 saturated heterocycles. The first-order chi connectivity index (χ1) is 15.4. The maximum atomic E-state index is 13.1. The Morgan fingerprint density at radius 1 is 1.19 bits per heavy atom. The molecule has 9 heteroatoms. The number of amides is 1. The highest BCUT2D eigenvalue weighted by molar-refractivity contribution is 6.30. The molecule has 0 unspecified atom stereocenters. The first-order valence-corrected chi connectivity index (χ1v) is 11.4. The topological polar surface area (TPSA) is 69.1 Å². The number of carbonyl (C=O) groups is 1. The zero-order chi connectivity index (χ0) is 22.6. The van der Waals surface area contributed by atoms with E-state index in [9.17, 15) is 4.79 Å². The summed E-state index contributed by atoms with van der Waals surface area (Å²) < 4.78 is 19.6. The summed E-state index contributed by atoms with van der Waals surface area (Å²) in [5.74, 6) is 0.781. The number of nitrogens with zero attached hydrogens (tertiary/aromatic N) is 4. The number of halogens is 1. The second-order valence-corrected chi connectivity index (χ2v) is 9.00. The van der Waals surface area contributed by atoms with Gasteiger partial charge in [-0.1, -0.05) is 11.6 Å². The van der Waals surface area contributed by atoms with Crippen LogP contribution in [0, 0.1) is 6.92 Å². The van der Waals surface area contributed by atoms with Gasteiger partial charge in [-0.05, 0) is 31.2 Å². The molecule has 0 bridgehead atoms. The highest BCUT2D eigenvalue weighted by atomic mass is 35.5. The van der Waals surface area contributed by atoms with E-state index in [1.165, 1.54) is 5.56 Å². The molecular formula is C23H31ClN4O4. The Balaban J connectivity index is 1.49. The summed E-state index contributed by atoms with van der Waals surface area (Å²) in [6, 6.07) is 7.25. The minimum atomic E-state index is -0.733. The minimum absolute atomic E-state index is 0.0763. The first-order valence-electron chi connectivity index (χ1n) is 11.0. The van der Waals surface area contributed by atoms with Gasteiger partial charge in [0.15, 0.2) is 0 Å². The van der Waals surface area contributed by atoms with Crippen molar-refractivity contribution in [1.82, 2.24) is 19.6 Å². The molecule has 1 aromatic carbocycles. The number of aryl methyl sites for hydroxylation is 2. The molecule has 2 aromatic rings. The van der Waals surface area contributed by atoms with E-state index in [-0.39, 0.29) is 18.9 Å². The van der Waals surface area contributed by atoms with Gasteiger partial charge in [0, 0.05) is 56.6 Å². The quantitative estimate of drug-likeness (QED) is 0.628. The number of rotatable bonds is 7. The standard InChI is InChI=1S/C23H31ClN4O4/c1-18-19(14-26(2)25-18)15-27-7-12-32-23(16-27,13-22(29)28-8-10-30-11-9-28)17-31-21-5-3-20(24)4-6-21/h3-6,14H,7-13,15-17H2,1-2H3/t23-/m1/s1. The molecule has 0 aliphatic carbocycles. The largest absolute Gasteiger partial charge is 0.491 e. The minimum Gasteiger partial charge on any atom is -0.491 e. The fraction of sp³-hybridized carbons (Fsp3) is 0.565. The molecule has 8 nitrogen and oxygen atoms in total. The summed E-state index contributed by atoms with van der Waals surface area (Å²) in [6.07, 6.45) is 2.32. The molecule has 174 valence electrons. The number of ether oxygens (including phenoxy) is 3. The molecule has 32 heavy (non-hydrogen) atoms. The molecule has 1 aromatic heterocycles. The molecule has 4 rings (SSSR count). The molecule has 3 heterocycles. The van der Waals surface area contributed by atoms with Gasteiger partial charge < -0.3 is 19.1 Å². The van der Waals surface area contributed by atoms with Crippen LogP contribution in [0.5, 0.6) is 5.75 Å². The van der Waals surface area contributed by atoms with Crippen molar-refractivity contribution >= 4 is 17.5 Å². The van der Waals surface area contributed by atoms with Crippen LogP contribution in [0.15, 0.2) is 30.5 Å². The zero-order valence-electron chi connectivity index (χ0n) is 18.8. The maximum Gasteiger partial charge on any atom is 0.225 e. The average molecular weight is 463 g/mol. The van der Waals surface area contributed by atoms with Crippen LogP contribution in [-0.4, -0.2) is 83.7 Å². The Morgan fingerprint density at radius 2 is 1.94 bits per heavy atom. The average Bonchev–Trinajstić information content (AvgIpc) is 3.10. The van der Waals surface area contributed by atoms with E-state index < -0.39 is 5.60 Å². The molecule has 1 amide bonds. The number of morpholine rings is 2. The van der Waals surface area contributed by atoms with Crippen LogP contribution in [-0.2, 0) is 27.9 Å². The third-order valence-corrected chi connectivity index (χ3v) is 6.24. The second-order valence-electron chi connectivity index (χ2n) is 8.57. The fourth-order valence-corrected chi connectivity index (χ4v) is 4.42. The summed E-state index contributed by atoms with van der Waals surface area (Å²) in [7, 11) is 1.93. The Kier molecular flexibility index (Phi) is 7.35. The number of aromatic nitrogens is 2. The van der Waals surface area contributed by atoms with Crippen molar-refractivity contribution in [2.45, 2.75) is 25.5 Å². The summed E-state index contributed by atoms with van der Waals surface area (Å²) in [6.45, 7) is 7.39. The van der Waals surface area contributed by atoms with Gasteiger partial charge in [-0.25, -0.2) is 0 Å². The Bertz CT molecular complexity index is 913. The third-order valence-electron chi connectivity index (χ3n) is 5.99. The zero-order valence-corrected chi connectivity index (χ0v) is 19.5. The van der Waals surface area contributed by atoms with Crippen LogP contribution in [0.3, 0.4) is 0 Å². The predicted octanol–water partition coefficient (Wildman–Crippen LogP) is 2.28. The van der Waals surface area contributed by atoms with Gasteiger partial charge in [0.05, 0.1) is 31.9 Å². The van der Waals surface area contributed by atoms with Gasteiger partial charge >= 0.3 is 0 Å². The number of benzene rings is 1. The van der Waals surface area contributed by atoms with Crippen LogP contribution in [0.4, 0.5) is 0 Å². The Labute approximate surface area is 194 Å². The fourth-order valence-electron chi connectivity index (χ4n) is 4.29. The van der Waals surface area contributed by atoms with Crippen molar-refractivity contribution in [2.24, 2.45) is 7.05 Å². The summed E-state index contributed by atoms with van der Waals surface area (Å²) in [5.41, 5.74) is 1.47. The lowest BCUT2D eigenvalue weighted by atomic mass is 9.96. The molecule has 2 aliphatic heterocycles. The van der Waals surface area contributed by atoms with E-state index in [2.05, 4.69) is 16.2 Å². The maximum absolute atomic E-state index is 13.1. The number of hydrogen-bond donors (Lipinski definition) is 0. The van der Waals surface area contributed by atoms with Gasteiger partial charge in [0.1, 0.15) is 18.0 Å². The van der Waals surface area contributed by atoms with Crippen LogP contribution in [0.1, 0.15) is 17.7 Å². The first kappa shape index (κ1) is 23.0. The monoisotopic (exact) mass is 462 g/mol. The lowest BCUT2D eigenvalue weighted by Crippen LogP contribution is -2.57. The van der Waals surface area contributed by atoms with Crippen molar-refractivity contribution < 1.29 is 19.0 Å². The Hall–Kier alpha value is -2.13. The van der Waals surface area contributed by atoms with Gasteiger partial charge in [-0.15, -0.1) is 0 Å². The molecule has 0 N–H and O–H groups in total. The van der Waals surface area contributed by atoms with Crippen LogP contribution < -0.4 is 4.74 Å². The Morgan fingerprint density at radius 3 is 2.62 bits per heavy atom. The highest BCUT2D eigenvalue weighted by Crippen LogP contribution is 2.27. The summed E-state index contributed by atoms with van der Waals surface area (Å²) >= 11 is 6.00. The van der Waals surface area contributed by atoms with Gasteiger partial charge in [-0.2, -0.15) is 5.10 Å². The molecule has 1 atom stereocenters. The lowest BCUT2D eigenvalue weighted by molar-refractivity contribution is -0.159. The molecule has 0 spiro atoms. The molecule has 2 aliphatic rings. The van der Waals surface area contributed by atoms with Crippen LogP contribution in [0.2, 0.25) is 5.02 Å².